The van der Waals surface area contributed by atoms with Crippen molar-refractivity contribution in [2.75, 3.05) is 62.6 Å². The SMILES string of the molecule is C=CCOc1ccc(CN2CCC(N(c3cccnc3)N(c3cccnc3)C3CCN(Cc4ccc(OCC(C)C)c(OCC)c4)CC3)CC2)cc1OCC. The van der Waals surface area contributed by atoms with E-state index >= 15 is 0 Å². The fraction of sp³-hybridized carbons (Fsp3) is 0.467. The minimum absolute atomic E-state index is 0.306. The van der Waals surface area contributed by atoms with Gasteiger partial charge in [-0.15, -0.1) is 0 Å². The normalized spacial score (nSPS) is 15.8. The molecular weight excluding hydrogens is 689 g/mol. The van der Waals surface area contributed by atoms with Crippen LogP contribution in [0.4, 0.5) is 11.4 Å². The lowest BCUT2D eigenvalue weighted by Crippen LogP contribution is -2.59. The molecule has 0 spiro atoms. The maximum absolute atomic E-state index is 6.07. The molecule has 2 aliphatic rings. The Hall–Kier alpha value is -4.80. The average molecular weight is 749 g/mol. The van der Waals surface area contributed by atoms with Crippen molar-refractivity contribution in [1.82, 2.24) is 19.8 Å². The quantitative estimate of drug-likeness (QED) is 0.0689. The maximum Gasteiger partial charge on any atom is 0.161 e. The van der Waals surface area contributed by atoms with E-state index in [4.69, 9.17) is 18.9 Å². The smallest absolute Gasteiger partial charge is 0.161 e. The molecular formula is C45H60N6O4. The van der Waals surface area contributed by atoms with Gasteiger partial charge in [-0.3, -0.25) is 29.8 Å². The number of rotatable bonds is 19. The molecule has 0 unspecified atom stereocenters. The van der Waals surface area contributed by atoms with Crippen LogP contribution in [0.25, 0.3) is 0 Å². The predicted octanol–water partition coefficient (Wildman–Crippen LogP) is 8.43. The zero-order valence-corrected chi connectivity index (χ0v) is 33.3. The van der Waals surface area contributed by atoms with Crippen LogP contribution in [0.3, 0.4) is 0 Å². The first kappa shape index (κ1) is 39.9. The van der Waals surface area contributed by atoms with Gasteiger partial charge in [0.2, 0.25) is 0 Å². The van der Waals surface area contributed by atoms with E-state index in [1.165, 1.54) is 11.1 Å². The number of hydrogen-bond acceptors (Lipinski definition) is 10. The average Bonchev–Trinajstić information content (AvgIpc) is 3.21. The molecule has 0 bridgehead atoms. The monoisotopic (exact) mass is 748 g/mol. The maximum atomic E-state index is 6.07. The molecule has 2 aliphatic heterocycles. The molecule has 10 heteroatoms. The largest absolute Gasteiger partial charge is 0.490 e. The summed E-state index contributed by atoms with van der Waals surface area (Å²) in [5, 5.41) is 5.09. The van der Waals surface area contributed by atoms with E-state index < -0.39 is 0 Å². The number of aromatic nitrogens is 2. The first-order valence-electron chi connectivity index (χ1n) is 20.2. The lowest BCUT2D eigenvalue weighted by Gasteiger charge is -2.50. The molecule has 0 saturated carbocycles. The summed E-state index contributed by atoms with van der Waals surface area (Å²) >= 11 is 0. The fourth-order valence-corrected chi connectivity index (χ4v) is 7.64. The van der Waals surface area contributed by atoms with Crippen LogP contribution in [-0.4, -0.2) is 84.5 Å². The van der Waals surface area contributed by atoms with E-state index in [1.54, 1.807) is 6.08 Å². The molecule has 2 aromatic carbocycles. The highest BCUT2D eigenvalue weighted by Gasteiger charge is 2.35. The minimum Gasteiger partial charge on any atom is -0.490 e. The van der Waals surface area contributed by atoms with Crippen LogP contribution >= 0.6 is 0 Å². The molecule has 0 atom stereocenters. The van der Waals surface area contributed by atoms with Crippen molar-refractivity contribution < 1.29 is 18.9 Å². The molecule has 4 heterocycles. The highest BCUT2D eigenvalue weighted by molar-refractivity contribution is 5.58. The zero-order valence-electron chi connectivity index (χ0n) is 33.3. The van der Waals surface area contributed by atoms with Gasteiger partial charge in [0.15, 0.2) is 23.0 Å². The molecule has 0 aliphatic carbocycles. The number of hydrogen-bond donors (Lipinski definition) is 0. The molecule has 2 fully saturated rings. The summed E-state index contributed by atoms with van der Waals surface area (Å²) < 4.78 is 23.9. The standard InChI is InChI=1S/C45H60N6O4/c1-6-27-54-42-15-13-36(28-44(42)52-7-2)32-48-23-17-38(18-24-48)50(40-11-9-21-46-30-40)51(41-12-10-22-47-31-41)39-19-25-49(26-20-39)33-37-14-16-43(55-34-35(4)5)45(29-37)53-8-3/h6,9-16,21-22,28-31,35,38-39H,1,7-8,17-20,23-27,32-34H2,2-5H3. The summed E-state index contributed by atoms with van der Waals surface area (Å²) in [5.74, 6) is 3.66. The molecule has 55 heavy (non-hydrogen) atoms. The number of piperidine rings is 2. The van der Waals surface area contributed by atoms with Gasteiger partial charge in [0.25, 0.3) is 0 Å². The second-order valence-corrected chi connectivity index (χ2v) is 14.9. The summed E-state index contributed by atoms with van der Waals surface area (Å²) in [4.78, 5) is 14.3. The first-order chi connectivity index (χ1) is 26.9. The van der Waals surface area contributed by atoms with Crippen LogP contribution in [0.15, 0.2) is 98.1 Å². The zero-order chi connectivity index (χ0) is 38.4. The van der Waals surface area contributed by atoms with Crippen LogP contribution in [0, 0.1) is 5.92 Å². The van der Waals surface area contributed by atoms with Crippen LogP contribution in [-0.2, 0) is 13.1 Å². The highest BCUT2D eigenvalue weighted by atomic mass is 16.5. The van der Waals surface area contributed by atoms with Crippen molar-refractivity contribution >= 4 is 11.4 Å². The Morgan fingerprint density at radius 2 is 1.15 bits per heavy atom. The van der Waals surface area contributed by atoms with Gasteiger partial charge in [-0.1, -0.05) is 38.6 Å². The topological polar surface area (TPSA) is 75.7 Å². The number of ether oxygens (including phenoxy) is 4. The molecule has 4 aromatic rings. The Labute approximate surface area is 328 Å². The Morgan fingerprint density at radius 3 is 1.55 bits per heavy atom. The highest BCUT2D eigenvalue weighted by Crippen LogP contribution is 2.35. The van der Waals surface area contributed by atoms with E-state index in [0.29, 0.717) is 44.4 Å². The molecule has 2 aromatic heterocycles. The molecule has 0 N–H and O–H groups in total. The van der Waals surface area contributed by atoms with E-state index in [-0.39, 0.29) is 0 Å². The van der Waals surface area contributed by atoms with E-state index in [0.717, 1.165) is 99.3 Å². The summed E-state index contributed by atoms with van der Waals surface area (Å²) in [6.07, 6.45) is 13.6. The van der Waals surface area contributed by atoms with Gasteiger partial charge in [-0.05, 0) is 105 Å². The van der Waals surface area contributed by atoms with Crippen LogP contribution in [0.2, 0.25) is 0 Å². The number of anilines is 2. The number of hydrazine groups is 1. The van der Waals surface area contributed by atoms with Crippen molar-refractivity contribution in [3.05, 3.63) is 109 Å². The summed E-state index contributed by atoms with van der Waals surface area (Å²) in [5.41, 5.74) is 4.71. The van der Waals surface area contributed by atoms with Gasteiger partial charge in [0.05, 0.1) is 55.7 Å². The van der Waals surface area contributed by atoms with E-state index in [1.807, 2.05) is 44.7 Å². The van der Waals surface area contributed by atoms with E-state index in [9.17, 15) is 0 Å². The molecule has 0 radical (unpaired) electrons. The minimum atomic E-state index is 0.306. The number of benzene rings is 2. The predicted molar refractivity (Wildman–Crippen MR) is 221 cm³/mol. The summed E-state index contributed by atoms with van der Waals surface area (Å²) in [6.45, 7) is 20.2. The second kappa shape index (κ2) is 20.2. The fourth-order valence-electron chi connectivity index (χ4n) is 7.64. The van der Waals surface area contributed by atoms with Gasteiger partial charge in [0, 0.05) is 51.7 Å². The number of likely N-dealkylation sites (tertiary alicyclic amines) is 2. The third-order valence-electron chi connectivity index (χ3n) is 10.2. The first-order valence-corrected chi connectivity index (χ1v) is 20.2. The summed E-state index contributed by atoms with van der Waals surface area (Å²) in [6, 6.07) is 21.9. The van der Waals surface area contributed by atoms with Crippen molar-refractivity contribution in [2.45, 2.75) is 78.6 Å². The van der Waals surface area contributed by atoms with Gasteiger partial charge in [0.1, 0.15) is 6.61 Å². The Morgan fingerprint density at radius 1 is 0.673 bits per heavy atom. The molecule has 10 nitrogen and oxygen atoms in total. The third-order valence-corrected chi connectivity index (χ3v) is 10.2. The lowest BCUT2D eigenvalue weighted by atomic mass is 10.00. The lowest BCUT2D eigenvalue weighted by molar-refractivity contribution is 0.183. The van der Waals surface area contributed by atoms with Gasteiger partial charge < -0.3 is 18.9 Å². The summed E-state index contributed by atoms with van der Waals surface area (Å²) in [7, 11) is 0. The Balaban J connectivity index is 1.16. The van der Waals surface area contributed by atoms with Crippen LogP contribution in [0.5, 0.6) is 23.0 Å². The van der Waals surface area contributed by atoms with Gasteiger partial charge in [-0.2, -0.15) is 0 Å². The van der Waals surface area contributed by atoms with Crippen molar-refractivity contribution in [2.24, 2.45) is 5.92 Å². The van der Waals surface area contributed by atoms with Crippen LogP contribution < -0.4 is 29.0 Å². The van der Waals surface area contributed by atoms with Gasteiger partial charge >= 0.3 is 0 Å². The van der Waals surface area contributed by atoms with Crippen molar-refractivity contribution in [3.63, 3.8) is 0 Å². The Bertz CT molecular complexity index is 1740. The molecule has 0 amide bonds. The van der Waals surface area contributed by atoms with Crippen molar-refractivity contribution in [1.29, 1.82) is 0 Å². The third kappa shape index (κ3) is 10.9. The Kier molecular flexibility index (Phi) is 14.7. The molecule has 294 valence electrons. The molecule has 6 rings (SSSR count). The second-order valence-electron chi connectivity index (χ2n) is 14.9. The number of pyridine rings is 2. The number of nitrogens with zero attached hydrogens (tertiary/aromatic N) is 6. The van der Waals surface area contributed by atoms with Gasteiger partial charge in [-0.25, -0.2) is 0 Å². The van der Waals surface area contributed by atoms with E-state index in [2.05, 4.69) is 105 Å². The molecule has 2 saturated heterocycles. The van der Waals surface area contributed by atoms with Crippen molar-refractivity contribution in [3.8, 4) is 23.0 Å². The van der Waals surface area contributed by atoms with Crippen LogP contribution in [0.1, 0.15) is 64.5 Å².